The van der Waals surface area contributed by atoms with Crippen molar-refractivity contribution in [2.24, 2.45) is 0 Å². The molecule has 0 saturated heterocycles. The first kappa shape index (κ1) is 14.6. The minimum Gasteiger partial charge on any atom is -0.322 e. The molecule has 4 heteroatoms. The molecule has 0 fully saturated rings. The van der Waals surface area contributed by atoms with Gasteiger partial charge in [-0.15, -0.1) is 0 Å². The van der Waals surface area contributed by atoms with Crippen LogP contribution in [0, 0.1) is 13.8 Å². The van der Waals surface area contributed by atoms with E-state index in [-0.39, 0.29) is 17.0 Å². The van der Waals surface area contributed by atoms with Crippen molar-refractivity contribution >= 4 is 5.57 Å². The Labute approximate surface area is 128 Å². The van der Waals surface area contributed by atoms with Crippen LogP contribution in [0.4, 0.5) is 0 Å². The van der Waals surface area contributed by atoms with Gasteiger partial charge >= 0.3 is 0 Å². The molecular weight excluding hydrogens is 276 g/mol. The van der Waals surface area contributed by atoms with Crippen LogP contribution in [0.25, 0.3) is 5.57 Å². The van der Waals surface area contributed by atoms with Crippen molar-refractivity contribution in [1.29, 1.82) is 0 Å². The third-order valence-electron chi connectivity index (χ3n) is 4.51. The minimum atomic E-state index is -0.107. The first-order valence-corrected chi connectivity index (χ1v) is 7.62. The lowest BCUT2D eigenvalue weighted by molar-refractivity contribution is 0.735. The molecule has 0 radical (unpaired) electrons. The molecular formula is C18H20N2O2. The van der Waals surface area contributed by atoms with Crippen molar-refractivity contribution in [2.45, 2.75) is 40.0 Å². The Morgan fingerprint density at radius 2 is 1.45 bits per heavy atom. The van der Waals surface area contributed by atoms with Crippen molar-refractivity contribution < 1.29 is 0 Å². The Hall–Kier alpha value is -2.36. The smallest absolute Gasteiger partial charge is 0.248 e. The zero-order valence-corrected chi connectivity index (χ0v) is 13.3. The molecule has 0 atom stereocenters. The molecule has 0 bridgehead atoms. The van der Waals surface area contributed by atoms with E-state index in [1.165, 1.54) is 0 Å². The Bertz CT molecular complexity index is 831. The highest BCUT2D eigenvalue weighted by Gasteiger charge is 2.31. The van der Waals surface area contributed by atoms with Crippen LogP contribution < -0.4 is 11.1 Å². The zero-order chi connectivity index (χ0) is 16.0. The van der Waals surface area contributed by atoms with Crippen molar-refractivity contribution in [3.05, 3.63) is 72.6 Å². The highest BCUT2D eigenvalue weighted by Crippen LogP contribution is 2.44. The average Bonchev–Trinajstić information content (AvgIpc) is 2.44. The van der Waals surface area contributed by atoms with E-state index in [4.69, 9.17) is 0 Å². The Morgan fingerprint density at radius 3 is 1.82 bits per heavy atom. The first-order valence-electron chi connectivity index (χ1n) is 7.62. The van der Waals surface area contributed by atoms with E-state index in [0.717, 1.165) is 45.6 Å². The molecule has 2 aromatic rings. The number of pyridine rings is 2. The Morgan fingerprint density at radius 1 is 1.00 bits per heavy atom. The first-order chi connectivity index (χ1) is 10.5. The topological polar surface area (TPSA) is 65.7 Å². The third kappa shape index (κ3) is 1.98. The van der Waals surface area contributed by atoms with Gasteiger partial charge in [0.25, 0.3) is 0 Å². The van der Waals surface area contributed by atoms with Crippen LogP contribution in [0.1, 0.15) is 59.8 Å². The van der Waals surface area contributed by atoms with Gasteiger partial charge in [0.15, 0.2) is 0 Å². The summed E-state index contributed by atoms with van der Waals surface area (Å²) in [6, 6.07) is 3.31. The summed E-state index contributed by atoms with van der Waals surface area (Å²) in [6.45, 7) is 8.02. The van der Waals surface area contributed by atoms with E-state index in [2.05, 4.69) is 16.9 Å². The average molecular weight is 296 g/mol. The zero-order valence-electron chi connectivity index (χ0n) is 13.3. The minimum absolute atomic E-state index is 0.107. The lowest BCUT2D eigenvalue weighted by Crippen LogP contribution is -2.24. The molecule has 0 spiro atoms. The van der Waals surface area contributed by atoms with Crippen LogP contribution in [0.2, 0.25) is 0 Å². The predicted octanol–water partition coefficient (Wildman–Crippen LogP) is 2.99. The quantitative estimate of drug-likeness (QED) is 0.849. The highest BCUT2D eigenvalue weighted by molar-refractivity contribution is 5.84. The molecule has 0 saturated carbocycles. The molecule has 2 N–H and O–H groups in total. The van der Waals surface area contributed by atoms with E-state index in [9.17, 15) is 9.59 Å². The van der Waals surface area contributed by atoms with Crippen LogP contribution in [-0.4, -0.2) is 9.97 Å². The molecule has 1 aliphatic carbocycles. The second-order valence-corrected chi connectivity index (χ2v) is 5.87. The Balaban J connectivity index is 2.48. The molecule has 0 aromatic carbocycles. The summed E-state index contributed by atoms with van der Waals surface area (Å²) in [6.07, 6.45) is 2.87. The Kier molecular flexibility index (Phi) is 3.39. The lowest BCUT2D eigenvalue weighted by Gasteiger charge is -2.31. The van der Waals surface area contributed by atoms with Crippen LogP contribution in [-0.2, 0) is 0 Å². The number of hydrogen-bond acceptors (Lipinski definition) is 2. The molecule has 4 nitrogen and oxygen atoms in total. The maximum absolute atomic E-state index is 11.9. The number of nitrogens with one attached hydrogen (secondary N) is 2. The monoisotopic (exact) mass is 296 g/mol. The number of fused-ring (bicyclic) bond motifs is 2. The van der Waals surface area contributed by atoms with Gasteiger partial charge in [-0.25, -0.2) is 0 Å². The standard InChI is InChI=1S/C18H20N2O2/c1-5-11-15-9(3)7-13(21)19-17(15)12(6-2)18-16(11)10(4)8-14(22)20-18/h6-8,11H,5H2,1-4H3,(H,19,21)(H,20,22). The number of H-pyrrole nitrogens is 2. The van der Waals surface area contributed by atoms with E-state index < -0.39 is 0 Å². The molecule has 0 aliphatic heterocycles. The fourth-order valence-electron chi connectivity index (χ4n) is 3.69. The van der Waals surface area contributed by atoms with Gasteiger partial charge in [0, 0.05) is 23.6 Å². The maximum atomic E-state index is 11.9. The summed E-state index contributed by atoms with van der Waals surface area (Å²) in [5.41, 5.74) is 6.70. The van der Waals surface area contributed by atoms with Crippen molar-refractivity contribution in [1.82, 2.24) is 9.97 Å². The van der Waals surface area contributed by atoms with Crippen LogP contribution in [0.3, 0.4) is 0 Å². The van der Waals surface area contributed by atoms with Crippen LogP contribution in [0.5, 0.6) is 0 Å². The van der Waals surface area contributed by atoms with Crippen molar-refractivity contribution in [3.8, 4) is 0 Å². The summed E-state index contributed by atoms with van der Waals surface area (Å²) < 4.78 is 0. The van der Waals surface area contributed by atoms with Gasteiger partial charge < -0.3 is 9.97 Å². The van der Waals surface area contributed by atoms with Crippen LogP contribution >= 0.6 is 0 Å². The molecule has 2 aromatic heterocycles. The second kappa shape index (κ2) is 5.13. The summed E-state index contributed by atoms with van der Waals surface area (Å²) in [7, 11) is 0. The summed E-state index contributed by atoms with van der Waals surface area (Å²) in [5.74, 6) is 0.183. The molecule has 3 rings (SSSR count). The molecule has 114 valence electrons. The van der Waals surface area contributed by atoms with Crippen molar-refractivity contribution in [2.75, 3.05) is 0 Å². The number of rotatable bonds is 1. The fraction of sp³-hybridized carbons (Fsp3) is 0.333. The number of hydrogen-bond donors (Lipinski definition) is 2. The van der Waals surface area contributed by atoms with E-state index in [0.29, 0.717) is 0 Å². The molecule has 0 unspecified atom stereocenters. The van der Waals surface area contributed by atoms with Gasteiger partial charge in [0.05, 0.1) is 11.4 Å². The summed E-state index contributed by atoms with van der Waals surface area (Å²) in [4.78, 5) is 29.8. The summed E-state index contributed by atoms with van der Waals surface area (Å²) in [5, 5.41) is 0. The van der Waals surface area contributed by atoms with Crippen molar-refractivity contribution in [3.63, 3.8) is 0 Å². The summed E-state index contributed by atoms with van der Waals surface area (Å²) >= 11 is 0. The van der Waals surface area contributed by atoms with Gasteiger partial charge in [0.1, 0.15) is 0 Å². The molecule has 1 aliphatic rings. The number of aromatic nitrogens is 2. The van der Waals surface area contributed by atoms with Crippen LogP contribution in [0.15, 0.2) is 27.8 Å². The second-order valence-electron chi connectivity index (χ2n) is 5.87. The van der Waals surface area contributed by atoms with Gasteiger partial charge in [-0.3, -0.25) is 9.59 Å². The maximum Gasteiger partial charge on any atom is 0.248 e. The lowest BCUT2D eigenvalue weighted by atomic mass is 9.75. The van der Waals surface area contributed by atoms with E-state index in [1.54, 1.807) is 12.1 Å². The third-order valence-corrected chi connectivity index (χ3v) is 4.51. The molecule has 22 heavy (non-hydrogen) atoms. The molecule has 0 amide bonds. The fourth-order valence-corrected chi connectivity index (χ4v) is 3.69. The van der Waals surface area contributed by atoms with Gasteiger partial charge in [-0.1, -0.05) is 13.0 Å². The number of aryl methyl sites for hydroxylation is 2. The molecule has 2 heterocycles. The van der Waals surface area contributed by atoms with E-state index >= 15 is 0 Å². The van der Waals surface area contributed by atoms with E-state index in [1.807, 2.05) is 26.8 Å². The largest absolute Gasteiger partial charge is 0.322 e. The SMILES string of the molecule is CC=C1c2[nH]c(=O)cc(C)c2C(CC)c2c(C)cc(=O)[nH]c21. The normalized spacial score (nSPS) is 16.2. The van der Waals surface area contributed by atoms with Gasteiger partial charge in [-0.2, -0.15) is 0 Å². The van der Waals surface area contributed by atoms with Gasteiger partial charge in [0.2, 0.25) is 11.1 Å². The highest BCUT2D eigenvalue weighted by atomic mass is 16.1. The predicted molar refractivity (Wildman–Crippen MR) is 88.5 cm³/mol. The number of aromatic amines is 2. The van der Waals surface area contributed by atoms with Gasteiger partial charge in [-0.05, 0) is 49.4 Å². The number of allylic oxidation sites excluding steroid dienone is 1.